The van der Waals surface area contributed by atoms with Crippen LogP contribution in [0.2, 0.25) is 0 Å². The molecule has 2 aliphatic rings. The number of halogens is 1. The zero-order valence-electron chi connectivity index (χ0n) is 16.3. The molecule has 0 amide bonds. The molecule has 0 spiro atoms. The lowest BCUT2D eigenvalue weighted by Crippen LogP contribution is -2.24. The Morgan fingerprint density at radius 2 is 2.10 bits per heavy atom. The van der Waals surface area contributed by atoms with Crippen LogP contribution >= 0.6 is 0 Å². The van der Waals surface area contributed by atoms with Gasteiger partial charge in [0.15, 0.2) is 11.6 Å². The fourth-order valence-electron chi connectivity index (χ4n) is 4.30. The third kappa shape index (κ3) is 2.82. The lowest BCUT2D eigenvalue weighted by molar-refractivity contribution is 0.0695. The molecule has 1 saturated heterocycles. The fourth-order valence-corrected chi connectivity index (χ4v) is 4.30. The van der Waals surface area contributed by atoms with Gasteiger partial charge >= 0.3 is 5.97 Å². The van der Waals surface area contributed by atoms with Crippen molar-refractivity contribution in [2.24, 2.45) is 0 Å². The van der Waals surface area contributed by atoms with Gasteiger partial charge in [-0.3, -0.25) is 4.79 Å². The number of carbonyl (C=O) groups is 1. The summed E-state index contributed by atoms with van der Waals surface area (Å²) in [6.45, 7) is 1.10. The first kappa shape index (κ1) is 18.6. The Bertz CT molecular complexity index is 1200. The zero-order valence-corrected chi connectivity index (χ0v) is 16.3. The summed E-state index contributed by atoms with van der Waals surface area (Å²) in [4.78, 5) is 26.2. The van der Waals surface area contributed by atoms with E-state index < -0.39 is 17.2 Å². The van der Waals surface area contributed by atoms with E-state index in [2.05, 4.69) is 10.3 Å². The van der Waals surface area contributed by atoms with Gasteiger partial charge in [0.2, 0.25) is 5.43 Å². The van der Waals surface area contributed by atoms with Gasteiger partial charge in [-0.2, -0.15) is 0 Å². The van der Waals surface area contributed by atoms with Gasteiger partial charge in [0, 0.05) is 31.5 Å². The molecule has 0 unspecified atom stereocenters. The number of rotatable bonds is 5. The van der Waals surface area contributed by atoms with Gasteiger partial charge in [0.1, 0.15) is 11.3 Å². The number of benzene rings is 1. The number of pyridine rings is 1. The predicted octanol–water partition coefficient (Wildman–Crippen LogP) is 2.23. The Kier molecular flexibility index (Phi) is 4.23. The topological polar surface area (TPSA) is 102 Å². The summed E-state index contributed by atoms with van der Waals surface area (Å²) in [6.07, 6.45) is 7.24. The maximum atomic E-state index is 15.3. The second kappa shape index (κ2) is 6.82. The van der Waals surface area contributed by atoms with Gasteiger partial charge in [0.05, 0.1) is 30.3 Å². The number of anilines is 1. The van der Waals surface area contributed by atoms with E-state index in [4.69, 9.17) is 4.74 Å². The molecule has 3 heterocycles. The lowest BCUT2D eigenvalue weighted by Gasteiger charge is -2.24. The molecule has 5 rings (SSSR count). The molecular weight excluding hydrogens is 393 g/mol. The highest BCUT2D eigenvalue weighted by Crippen LogP contribution is 2.44. The van der Waals surface area contributed by atoms with Crippen molar-refractivity contribution in [3.8, 4) is 5.75 Å². The number of hydrogen-bond acceptors (Lipinski definition) is 6. The van der Waals surface area contributed by atoms with Crippen LogP contribution in [0.1, 0.15) is 41.7 Å². The Hall–Kier alpha value is -3.43. The highest BCUT2D eigenvalue weighted by molar-refractivity contribution is 5.97. The van der Waals surface area contributed by atoms with Gasteiger partial charge in [-0.05, 0) is 25.3 Å². The van der Waals surface area contributed by atoms with Crippen molar-refractivity contribution >= 4 is 22.6 Å². The Labute approximate surface area is 170 Å². The van der Waals surface area contributed by atoms with Crippen LogP contribution in [-0.2, 0) is 0 Å². The van der Waals surface area contributed by atoms with Crippen molar-refractivity contribution < 1.29 is 19.0 Å². The summed E-state index contributed by atoms with van der Waals surface area (Å²) in [6, 6.07) is 1.26. The molecule has 156 valence electrons. The minimum atomic E-state index is -1.32. The first-order chi connectivity index (χ1) is 14.5. The average Bonchev–Trinajstić information content (AvgIpc) is 3.21. The van der Waals surface area contributed by atoms with Gasteiger partial charge in [0.25, 0.3) is 0 Å². The first-order valence-corrected chi connectivity index (χ1v) is 9.79. The van der Waals surface area contributed by atoms with Crippen molar-refractivity contribution in [1.29, 1.82) is 0 Å². The maximum absolute atomic E-state index is 15.3. The normalized spacial score (nSPS) is 18.9. The van der Waals surface area contributed by atoms with Crippen molar-refractivity contribution in [2.75, 3.05) is 25.1 Å². The van der Waals surface area contributed by atoms with Gasteiger partial charge in [-0.1, -0.05) is 5.21 Å². The van der Waals surface area contributed by atoms with E-state index in [0.717, 1.165) is 25.3 Å². The van der Waals surface area contributed by atoms with Crippen LogP contribution < -0.4 is 15.1 Å². The Morgan fingerprint density at radius 3 is 2.73 bits per heavy atom. The van der Waals surface area contributed by atoms with Crippen LogP contribution in [0, 0.1) is 5.82 Å². The molecule has 1 N–H and O–H groups in total. The quantitative estimate of drug-likeness (QED) is 0.684. The lowest BCUT2D eigenvalue weighted by atomic mass is 10.1. The van der Waals surface area contributed by atoms with Crippen LogP contribution in [0.3, 0.4) is 0 Å². The van der Waals surface area contributed by atoms with Gasteiger partial charge in [-0.25, -0.2) is 13.9 Å². The molecule has 0 radical (unpaired) electrons. The summed E-state index contributed by atoms with van der Waals surface area (Å²) < 4.78 is 24.4. The number of hydrogen-bond donors (Lipinski definition) is 1. The van der Waals surface area contributed by atoms with Crippen LogP contribution in [-0.4, -0.2) is 50.8 Å². The standard InChI is InChI=1S/C20H20FN5O4/c1-30-19-16-13(18(27)14(20(28)29)10-25(16)11-2-3-11)8-15(21)17(19)24-6-4-12(9-24)26-7-5-22-23-26/h5,7-8,10-12H,2-4,6,9H2,1H3,(H,28,29)/t12-/m0/s1. The molecule has 2 aromatic heterocycles. The van der Waals surface area contributed by atoms with Gasteiger partial charge in [-0.15, -0.1) is 5.10 Å². The SMILES string of the molecule is COc1c(N2CC[C@H](n3ccnn3)C2)c(F)cc2c(=O)c(C(=O)O)cn(C3CC3)c12. The highest BCUT2D eigenvalue weighted by atomic mass is 19.1. The summed E-state index contributed by atoms with van der Waals surface area (Å²) in [5, 5.41) is 17.3. The molecule has 1 saturated carbocycles. The number of carboxylic acids is 1. The maximum Gasteiger partial charge on any atom is 0.341 e. The molecule has 1 aromatic carbocycles. The molecule has 1 atom stereocenters. The third-order valence-electron chi connectivity index (χ3n) is 5.87. The van der Waals surface area contributed by atoms with Crippen molar-refractivity contribution in [1.82, 2.24) is 19.6 Å². The van der Waals surface area contributed by atoms with E-state index in [9.17, 15) is 14.7 Å². The molecule has 10 heteroatoms. The van der Waals surface area contributed by atoms with E-state index in [1.807, 2.05) is 4.90 Å². The van der Waals surface area contributed by atoms with E-state index in [1.165, 1.54) is 13.3 Å². The van der Waals surface area contributed by atoms with Crippen molar-refractivity contribution in [2.45, 2.75) is 31.3 Å². The number of carboxylic acid groups (broad SMARTS) is 1. The summed E-state index contributed by atoms with van der Waals surface area (Å²) in [5.41, 5.74) is -0.351. The van der Waals surface area contributed by atoms with Crippen molar-refractivity contribution in [3.63, 3.8) is 0 Å². The second-order valence-electron chi connectivity index (χ2n) is 7.72. The minimum absolute atomic E-state index is 0.0203. The van der Waals surface area contributed by atoms with Crippen LogP contribution in [0.4, 0.5) is 10.1 Å². The third-order valence-corrected chi connectivity index (χ3v) is 5.87. The summed E-state index contributed by atoms with van der Waals surface area (Å²) >= 11 is 0. The molecular formula is C20H20FN5O4. The number of nitrogens with zero attached hydrogens (tertiary/aromatic N) is 5. The number of fused-ring (bicyclic) bond motifs is 1. The number of ether oxygens (including phenoxy) is 1. The van der Waals surface area contributed by atoms with Crippen LogP contribution in [0.25, 0.3) is 10.9 Å². The van der Waals surface area contributed by atoms with E-state index in [-0.39, 0.29) is 34.5 Å². The summed E-state index contributed by atoms with van der Waals surface area (Å²) in [7, 11) is 1.44. The molecule has 1 aliphatic heterocycles. The van der Waals surface area contributed by atoms with E-state index in [1.54, 1.807) is 21.6 Å². The average molecular weight is 413 g/mol. The highest BCUT2D eigenvalue weighted by Gasteiger charge is 2.33. The van der Waals surface area contributed by atoms with E-state index in [0.29, 0.717) is 18.6 Å². The molecule has 9 nitrogen and oxygen atoms in total. The monoisotopic (exact) mass is 413 g/mol. The number of methoxy groups -OCH3 is 1. The first-order valence-electron chi connectivity index (χ1n) is 9.79. The van der Waals surface area contributed by atoms with E-state index >= 15 is 4.39 Å². The number of aromatic nitrogens is 4. The molecule has 2 fully saturated rings. The van der Waals surface area contributed by atoms with Crippen molar-refractivity contribution in [3.05, 3.63) is 46.3 Å². The molecule has 30 heavy (non-hydrogen) atoms. The Morgan fingerprint density at radius 1 is 1.30 bits per heavy atom. The minimum Gasteiger partial charge on any atom is -0.492 e. The molecule has 1 aliphatic carbocycles. The smallest absolute Gasteiger partial charge is 0.341 e. The fraction of sp³-hybridized carbons (Fsp3) is 0.400. The molecule has 3 aromatic rings. The Balaban J connectivity index is 1.69. The largest absolute Gasteiger partial charge is 0.492 e. The van der Waals surface area contributed by atoms with Crippen LogP contribution in [0.5, 0.6) is 5.75 Å². The zero-order chi connectivity index (χ0) is 21.0. The van der Waals surface area contributed by atoms with Crippen LogP contribution in [0.15, 0.2) is 29.5 Å². The second-order valence-corrected chi connectivity index (χ2v) is 7.72. The summed E-state index contributed by atoms with van der Waals surface area (Å²) in [5.74, 6) is -1.68. The molecule has 0 bridgehead atoms. The van der Waals surface area contributed by atoms with Gasteiger partial charge < -0.3 is 19.3 Å². The number of aromatic carboxylic acids is 1. The predicted molar refractivity (Wildman–Crippen MR) is 106 cm³/mol.